The topological polar surface area (TPSA) is 86.3 Å². The standard InChI is InChI=1S/C33H31F4N3O3/c1-31(2,3)43-30(41)40-12-10-32(11-13-40,29-9-8-28(34)17-26(29)19-39)21-42-20-23-14-25(16-27(15-23)33(35,36)37)24-6-4-22(18-38)5-7-24/h4-9,14-17H,10-13,20-21H2,1-3H3. The van der Waals surface area contributed by atoms with Gasteiger partial charge in [0, 0.05) is 18.5 Å². The van der Waals surface area contributed by atoms with Crippen molar-refractivity contribution in [3.63, 3.8) is 0 Å². The highest BCUT2D eigenvalue weighted by Crippen LogP contribution is 2.39. The molecule has 3 aromatic rings. The molecule has 0 aromatic heterocycles. The Kier molecular flexibility index (Phi) is 9.12. The van der Waals surface area contributed by atoms with Gasteiger partial charge in [0.05, 0.1) is 42.0 Å². The van der Waals surface area contributed by atoms with E-state index in [1.807, 2.05) is 12.1 Å². The number of halogens is 4. The van der Waals surface area contributed by atoms with Gasteiger partial charge in [-0.15, -0.1) is 0 Å². The smallest absolute Gasteiger partial charge is 0.416 e. The zero-order chi connectivity index (χ0) is 31.4. The Morgan fingerprint density at radius 2 is 1.60 bits per heavy atom. The van der Waals surface area contributed by atoms with Gasteiger partial charge in [-0.2, -0.15) is 23.7 Å². The second kappa shape index (κ2) is 12.4. The van der Waals surface area contributed by atoms with Crippen LogP contribution in [0.3, 0.4) is 0 Å². The van der Waals surface area contributed by atoms with E-state index in [-0.39, 0.29) is 37.4 Å². The van der Waals surface area contributed by atoms with Gasteiger partial charge in [-0.25, -0.2) is 9.18 Å². The number of hydrogen-bond acceptors (Lipinski definition) is 5. The highest BCUT2D eigenvalue weighted by atomic mass is 19.4. The molecule has 1 heterocycles. The maximum absolute atomic E-state index is 14.0. The minimum atomic E-state index is -4.59. The quantitative estimate of drug-likeness (QED) is 0.273. The van der Waals surface area contributed by atoms with Crippen molar-refractivity contribution in [2.24, 2.45) is 0 Å². The summed E-state index contributed by atoms with van der Waals surface area (Å²) in [5.74, 6) is -0.568. The Hall–Kier alpha value is -4.41. The molecule has 3 aromatic carbocycles. The number of amides is 1. The molecule has 4 rings (SSSR count). The zero-order valence-electron chi connectivity index (χ0n) is 24.1. The molecule has 0 saturated carbocycles. The summed E-state index contributed by atoms with van der Waals surface area (Å²) < 4.78 is 67.0. The fraction of sp³-hybridized carbons (Fsp3) is 0.364. The fourth-order valence-corrected chi connectivity index (χ4v) is 5.21. The summed E-state index contributed by atoms with van der Waals surface area (Å²) in [7, 11) is 0. The lowest BCUT2D eigenvalue weighted by Crippen LogP contribution is -2.48. The molecule has 0 N–H and O–H groups in total. The van der Waals surface area contributed by atoms with Crippen LogP contribution in [0.4, 0.5) is 22.4 Å². The van der Waals surface area contributed by atoms with Crippen molar-refractivity contribution in [2.45, 2.75) is 57.4 Å². The van der Waals surface area contributed by atoms with Crippen LogP contribution in [-0.2, 0) is 27.7 Å². The first-order valence-corrected chi connectivity index (χ1v) is 13.7. The molecule has 0 aliphatic carbocycles. The third kappa shape index (κ3) is 7.71. The SMILES string of the molecule is CC(C)(C)OC(=O)N1CCC(COCc2cc(-c3ccc(C#N)cc3)cc(C(F)(F)F)c2)(c2ccc(F)cc2C#N)CC1. The Morgan fingerprint density at radius 1 is 0.930 bits per heavy atom. The summed E-state index contributed by atoms with van der Waals surface area (Å²) in [6.07, 6.45) is -4.33. The minimum Gasteiger partial charge on any atom is -0.444 e. The maximum Gasteiger partial charge on any atom is 0.416 e. The zero-order valence-corrected chi connectivity index (χ0v) is 24.1. The van der Waals surface area contributed by atoms with E-state index in [0.717, 1.165) is 18.2 Å². The number of carbonyl (C=O) groups excluding carboxylic acids is 1. The van der Waals surface area contributed by atoms with E-state index in [0.29, 0.717) is 35.1 Å². The molecule has 0 bridgehead atoms. The molecule has 43 heavy (non-hydrogen) atoms. The van der Waals surface area contributed by atoms with Gasteiger partial charge in [0.2, 0.25) is 0 Å². The van der Waals surface area contributed by atoms with Crippen LogP contribution in [0.25, 0.3) is 11.1 Å². The Morgan fingerprint density at radius 3 is 2.19 bits per heavy atom. The summed E-state index contributed by atoms with van der Waals surface area (Å²) >= 11 is 0. The van der Waals surface area contributed by atoms with Crippen LogP contribution < -0.4 is 0 Å². The average Bonchev–Trinajstić information content (AvgIpc) is 2.96. The fourth-order valence-electron chi connectivity index (χ4n) is 5.21. The van der Waals surface area contributed by atoms with Gasteiger partial charge in [-0.05, 0) is 98.3 Å². The van der Waals surface area contributed by atoms with Gasteiger partial charge in [0.25, 0.3) is 0 Å². The summed E-state index contributed by atoms with van der Waals surface area (Å²) in [5, 5.41) is 18.8. The lowest BCUT2D eigenvalue weighted by Gasteiger charge is -2.42. The molecular formula is C33H31F4N3O3. The lowest BCUT2D eigenvalue weighted by molar-refractivity contribution is -0.137. The first kappa shape index (κ1) is 31.5. The molecule has 0 spiro atoms. The van der Waals surface area contributed by atoms with Crippen LogP contribution in [0.5, 0.6) is 0 Å². The van der Waals surface area contributed by atoms with Crippen LogP contribution in [0.15, 0.2) is 60.7 Å². The first-order valence-electron chi connectivity index (χ1n) is 13.7. The van der Waals surface area contributed by atoms with Gasteiger partial charge in [-0.1, -0.05) is 18.2 Å². The molecule has 1 amide bonds. The van der Waals surface area contributed by atoms with E-state index in [1.165, 1.54) is 24.3 Å². The van der Waals surface area contributed by atoms with E-state index in [1.54, 1.807) is 43.9 Å². The van der Waals surface area contributed by atoms with Gasteiger partial charge in [-0.3, -0.25) is 0 Å². The number of piperidine rings is 1. The number of hydrogen-bond donors (Lipinski definition) is 0. The number of alkyl halides is 3. The predicted octanol–water partition coefficient (Wildman–Crippen LogP) is 7.74. The summed E-state index contributed by atoms with van der Waals surface area (Å²) in [5.41, 5.74) is -0.102. The largest absolute Gasteiger partial charge is 0.444 e. The molecule has 0 radical (unpaired) electrons. The van der Waals surface area contributed by atoms with Gasteiger partial charge >= 0.3 is 12.3 Å². The molecule has 1 aliphatic heterocycles. The number of benzene rings is 3. The highest BCUT2D eigenvalue weighted by Gasteiger charge is 2.40. The molecule has 1 aliphatic rings. The molecular weight excluding hydrogens is 562 g/mol. The van der Waals surface area contributed by atoms with E-state index >= 15 is 0 Å². The number of rotatable bonds is 6. The van der Waals surface area contributed by atoms with E-state index < -0.39 is 34.7 Å². The second-order valence-corrected chi connectivity index (χ2v) is 11.6. The number of nitriles is 2. The molecule has 224 valence electrons. The minimum absolute atomic E-state index is 0.0257. The Bertz CT molecular complexity index is 1560. The van der Waals surface area contributed by atoms with Crippen molar-refractivity contribution in [3.8, 4) is 23.3 Å². The van der Waals surface area contributed by atoms with Crippen molar-refractivity contribution >= 4 is 6.09 Å². The third-order valence-electron chi connectivity index (χ3n) is 7.36. The van der Waals surface area contributed by atoms with E-state index in [2.05, 4.69) is 0 Å². The van der Waals surface area contributed by atoms with Crippen LogP contribution in [0.2, 0.25) is 0 Å². The van der Waals surface area contributed by atoms with Crippen LogP contribution >= 0.6 is 0 Å². The van der Waals surface area contributed by atoms with Crippen molar-refractivity contribution in [3.05, 3.63) is 94.3 Å². The Balaban J connectivity index is 1.60. The van der Waals surface area contributed by atoms with Crippen LogP contribution in [0.1, 0.15) is 61.4 Å². The van der Waals surface area contributed by atoms with Crippen molar-refractivity contribution in [2.75, 3.05) is 19.7 Å². The monoisotopic (exact) mass is 593 g/mol. The first-order chi connectivity index (χ1) is 20.2. The lowest BCUT2D eigenvalue weighted by atomic mass is 9.72. The predicted molar refractivity (Wildman–Crippen MR) is 151 cm³/mol. The normalized spacial score (nSPS) is 15.0. The van der Waals surface area contributed by atoms with Gasteiger partial charge in [0.1, 0.15) is 11.4 Å². The number of carbonyl (C=O) groups is 1. The van der Waals surface area contributed by atoms with Crippen molar-refractivity contribution in [1.82, 2.24) is 4.90 Å². The molecule has 0 unspecified atom stereocenters. The summed E-state index contributed by atoms with van der Waals surface area (Å²) in [6, 6.07) is 17.9. The van der Waals surface area contributed by atoms with Crippen molar-refractivity contribution < 1.29 is 31.8 Å². The number of likely N-dealkylation sites (tertiary alicyclic amines) is 1. The average molecular weight is 594 g/mol. The highest BCUT2D eigenvalue weighted by molar-refractivity contribution is 5.68. The molecule has 10 heteroatoms. The molecule has 6 nitrogen and oxygen atoms in total. The summed E-state index contributed by atoms with van der Waals surface area (Å²) in [6.45, 7) is 5.74. The van der Waals surface area contributed by atoms with Gasteiger partial charge < -0.3 is 14.4 Å². The van der Waals surface area contributed by atoms with E-state index in [9.17, 15) is 27.6 Å². The molecule has 0 atom stereocenters. The second-order valence-electron chi connectivity index (χ2n) is 11.6. The molecule has 1 saturated heterocycles. The number of ether oxygens (including phenoxy) is 2. The van der Waals surface area contributed by atoms with E-state index in [4.69, 9.17) is 14.7 Å². The maximum atomic E-state index is 14.0. The number of nitrogens with zero attached hydrogens (tertiary/aromatic N) is 3. The molecule has 1 fully saturated rings. The van der Waals surface area contributed by atoms with Crippen molar-refractivity contribution in [1.29, 1.82) is 10.5 Å². The van der Waals surface area contributed by atoms with Crippen LogP contribution in [-0.4, -0.2) is 36.3 Å². The summed E-state index contributed by atoms with van der Waals surface area (Å²) in [4.78, 5) is 14.3. The Labute approximate surface area is 248 Å². The van der Waals surface area contributed by atoms with Crippen LogP contribution in [0, 0.1) is 28.5 Å². The third-order valence-corrected chi connectivity index (χ3v) is 7.36. The van der Waals surface area contributed by atoms with Gasteiger partial charge in [0.15, 0.2) is 0 Å².